The molecule has 0 spiro atoms. The molecule has 1 saturated heterocycles. The highest BCUT2D eigenvalue weighted by molar-refractivity contribution is 5.90. The summed E-state index contributed by atoms with van der Waals surface area (Å²) in [5, 5.41) is 9.17. The van der Waals surface area contributed by atoms with Crippen molar-refractivity contribution in [3.63, 3.8) is 0 Å². The van der Waals surface area contributed by atoms with Crippen molar-refractivity contribution in [1.82, 2.24) is 4.90 Å². The third-order valence-electron chi connectivity index (χ3n) is 3.07. The number of hydrogen-bond acceptors (Lipinski definition) is 4. The molecule has 4 heteroatoms. The zero-order valence-corrected chi connectivity index (χ0v) is 10.2. The standard InChI is InChI=1S/C14H16N2O2/c15-10-13(12-4-2-1-3-5-12)14(17)11-16-6-8-18-9-7-16/h1-5,13H,6-9,11H2/t13-/m0/s1. The van der Waals surface area contributed by atoms with E-state index < -0.39 is 5.92 Å². The van der Waals surface area contributed by atoms with Crippen LogP contribution in [-0.4, -0.2) is 43.5 Å². The fraction of sp³-hybridized carbons (Fsp3) is 0.429. The van der Waals surface area contributed by atoms with Crippen LogP contribution in [0.15, 0.2) is 30.3 Å². The smallest absolute Gasteiger partial charge is 0.168 e. The zero-order chi connectivity index (χ0) is 12.8. The second kappa shape index (κ2) is 6.29. The third kappa shape index (κ3) is 3.16. The first kappa shape index (κ1) is 12.7. The van der Waals surface area contributed by atoms with Crippen molar-refractivity contribution in [1.29, 1.82) is 5.26 Å². The van der Waals surface area contributed by atoms with Crippen LogP contribution in [0.3, 0.4) is 0 Å². The summed E-state index contributed by atoms with van der Waals surface area (Å²) in [7, 11) is 0. The molecular weight excluding hydrogens is 228 g/mol. The van der Waals surface area contributed by atoms with E-state index in [0.29, 0.717) is 19.8 Å². The van der Waals surface area contributed by atoms with Crippen molar-refractivity contribution in [3.8, 4) is 6.07 Å². The lowest BCUT2D eigenvalue weighted by Gasteiger charge is -2.26. The molecule has 0 bridgehead atoms. The normalized spacial score (nSPS) is 17.9. The Morgan fingerprint density at radius 1 is 1.33 bits per heavy atom. The molecule has 0 aliphatic carbocycles. The van der Waals surface area contributed by atoms with Crippen molar-refractivity contribution in [3.05, 3.63) is 35.9 Å². The molecule has 1 heterocycles. The molecule has 0 saturated carbocycles. The van der Waals surface area contributed by atoms with E-state index in [2.05, 4.69) is 6.07 Å². The van der Waals surface area contributed by atoms with Crippen LogP contribution in [0.25, 0.3) is 0 Å². The average Bonchev–Trinajstić information content (AvgIpc) is 2.42. The van der Waals surface area contributed by atoms with Crippen LogP contribution in [0.4, 0.5) is 0 Å². The minimum atomic E-state index is -0.658. The highest BCUT2D eigenvalue weighted by atomic mass is 16.5. The van der Waals surface area contributed by atoms with Gasteiger partial charge in [0.05, 0.1) is 25.8 Å². The average molecular weight is 244 g/mol. The molecule has 0 aromatic heterocycles. The molecule has 1 aromatic rings. The molecule has 18 heavy (non-hydrogen) atoms. The molecule has 1 aromatic carbocycles. The number of rotatable bonds is 4. The molecule has 1 fully saturated rings. The highest BCUT2D eigenvalue weighted by Gasteiger charge is 2.23. The van der Waals surface area contributed by atoms with Gasteiger partial charge in [0, 0.05) is 13.1 Å². The number of carbonyl (C=O) groups excluding carboxylic acids is 1. The van der Waals surface area contributed by atoms with Crippen LogP contribution < -0.4 is 0 Å². The summed E-state index contributed by atoms with van der Waals surface area (Å²) in [5.41, 5.74) is 0.776. The lowest BCUT2D eigenvalue weighted by molar-refractivity contribution is -0.121. The summed E-state index contributed by atoms with van der Waals surface area (Å²) in [6, 6.07) is 11.3. The van der Waals surface area contributed by atoms with Crippen molar-refractivity contribution in [2.24, 2.45) is 0 Å². The van der Waals surface area contributed by atoms with Crippen LogP contribution in [0, 0.1) is 11.3 Å². The molecule has 2 rings (SSSR count). The van der Waals surface area contributed by atoms with Gasteiger partial charge in [0.15, 0.2) is 5.78 Å². The Kier molecular flexibility index (Phi) is 4.46. The van der Waals surface area contributed by atoms with E-state index >= 15 is 0 Å². The molecule has 0 radical (unpaired) electrons. The van der Waals surface area contributed by atoms with E-state index in [-0.39, 0.29) is 5.78 Å². The molecule has 4 nitrogen and oxygen atoms in total. The van der Waals surface area contributed by atoms with Crippen LogP contribution in [0.2, 0.25) is 0 Å². The molecule has 1 atom stereocenters. The van der Waals surface area contributed by atoms with Crippen LogP contribution >= 0.6 is 0 Å². The topological polar surface area (TPSA) is 53.3 Å². The van der Waals surface area contributed by atoms with Gasteiger partial charge in [-0.25, -0.2) is 0 Å². The fourth-order valence-electron chi connectivity index (χ4n) is 2.05. The summed E-state index contributed by atoms with van der Waals surface area (Å²) in [6.45, 7) is 3.18. The van der Waals surface area contributed by atoms with Gasteiger partial charge in [-0.3, -0.25) is 9.69 Å². The lowest BCUT2D eigenvalue weighted by Crippen LogP contribution is -2.40. The van der Waals surface area contributed by atoms with E-state index in [0.717, 1.165) is 18.7 Å². The van der Waals surface area contributed by atoms with Gasteiger partial charge in [-0.1, -0.05) is 30.3 Å². The molecule has 94 valence electrons. The van der Waals surface area contributed by atoms with Crippen LogP contribution in [0.1, 0.15) is 11.5 Å². The minimum Gasteiger partial charge on any atom is -0.379 e. The molecule has 1 aliphatic heterocycles. The van der Waals surface area contributed by atoms with Crippen molar-refractivity contribution in [2.75, 3.05) is 32.8 Å². The van der Waals surface area contributed by atoms with Crippen molar-refractivity contribution in [2.45, 2.75) is 5.92 Å². The Morgan fingerprint density at radius 3 is 2.61 bits per heavy atom. The first-order valence-corrected chi connectivity index (χ1v) is 6.08. The van der Waals surface area contributed by atoms with E-state index in [9.17, 15) is 4.79 Å². The Morgan fingerprint density at radius 2 is 2.00 bits per heavy atom. The largest absolute Gasteiger partial charge is 0.379 e. The number of ketones is 1. The SMILES string of the molecule is N#C[C@H](C(=O)CN1CCOCC1)c1ccccc1. The molecule has 0 unspecified atom stereocenters. The van der Waals surface area contributed by atoms with Crippen LogP contribution in [0.5, 0.6) is 0 Å². The van der Waals surface area contributed by atoms with Crippen molar-refractivity contribution >= 4 is 5.78 Å². The number of hydrogen-bond donors (Lipinski definition) is 0. The fourth-order valence-corrected chi connectivity index (χ4v) is 2.05. The maximum atomic E-state index is 12.1. The van der Waals surface area contributed by atoms with Gasteiger partial charge >= 0.3 is 0 Å². The number of benzene rings is 1. The van der Waals surface area contributed by atoms with Gasteiger partial charge < -0.3 is 4.74 Å². The van der Waals surface area contributed by atoms with E-state index in [4.69, 9.17) is 10.00 Å². The molecular formula is C14H16N2O2. The van der Waals surface area contributed by atoms with Gasteiger partial charge in [0.25, 0.3) is 0 Å². The van der Waals surface area contributed by atoms with E-state index in [1.54, 1.807) is 0 Å². The summed E-state index contributed by atoms with van der Waals surface area (Å²) in [5.74, 6) is -0.695. The lowest BCUT2D eigenvalue weighted by atomic mass is 9.96. The van der Waals surface area contributed by atoms with Gasteiger partial charge in [0.1, 0.15) is 5.92 Å². The van der Waals surface area contributed by atoms with Gasteiger partial charge in [0.2, 0.25) is 0 Å². The first-order chi connectivity index (χ1) is 8.81. The number of nitriles is 1. The third-order valence-corrected chi connectivity index (χ3v) is 3.07. The van der Waals surface area contributed by atoms with Crippen LogP contribution in [-0.2, 0) is 9.53 Å². The predicted molar refractivity (Wildman–Crippen MR) is 67.1 cm³/mol. The summed E-state index contributed by atoms with van der Waals surface area (Å²) >= 11 is 0. The predicted octanol–water partition coefficient (Wildman–Crippen LogP) is 1.20. The molecule has 0 N–H and O–H groups in total. The van der Waals surface area contributed by atoms with Gasteiger partial charge in [-0.15, -0.1) is 0 Å². The quantitative estimate of drug-likeness (QED) is 0.798. The molecule has 1 aliphatic rings. The first-order valence-electron chi connectivity index (χ1n) is 6.08. The summed E-state index contributed by atoms with van der Waals surface area (Å²) < 4.78 is 5.23. The second-order valence-corrected chi connectivity index (χ2v) is 4.33. The van der Waals surface area contributed by atoms with E-state index in [1.807, 2.05) is 35.2 Å². The zero-order valence-electron chi connectivity index (χ0n) is 10.2. The molecule has 0 amide bonds. The Labute approximate surface area is 107 Å². The van der Waals surface area contributed by atoms with Crippen molar-refractivity contribution < 1.29 is 9.53 Å². The number of morpholine rings is 1. The Bertz CT molecular complexity index is 433. The number of nitrogens with zero attached hydrogens (tertiary/aromatic N) is 2. The second-order valence-electron chi connectivity index (χ2n) is 4.33. The van der Waals surface area contributed by atoms with Gasteiger partial charge in [-0.2, -0.15) is 5.26 Å². The maximum absolute atomic E-state index is 12.1. The maximum Gasteiger partial charge on any atom is 0.168 e. The highest BCUT2D eigenvalue weighted by Crippen LogP contribution is 2.16. The number of carbonyl (C=O) groups is 1. The van der Waals surface area contributed by atoms with E-state index in [1.165, 1.54) is 0 Å². The minimum absolute atomic E-state index is 0.0365. The summed E-state index contributed by atoms with van der Waals surface area (Å²) in [4.78, 5) is 14.2. The number of Topliss-reactive ketones (excluding diaryl/α,β-unsaturated/α-hetero) is 1. The summed E-state index contributed by atoms with van der Waals surface area (Å²) in [6.07, 6.45) is 0. The number of ether oxygens (including phenoxy) is 1. The van der Waals surface area contributed by atoms with Gasteiger partial charge in [-0.05, 0) is 5.56 Å². The Hall–Kier alpha value is -1.70. The Balaban J connectivity index is 2.00. The monoisotopic (exact) mass is 244 g/mol.